The number of morpholine rings is 1. The van der Waals surface area contributed by atoms with Crippen LogP contribution in [-0.2, 0) is 10.9 Å². The molecule has 0 bridgehead atoms. The molecule has 1 aliphatic rings. The second-order valence-corrected chi connectivity index (χ2v) is 5.73. The molecule has 142 valence electrons. The molecule has 6 nitrogen and oxygen atoms in total. The number of rotatable bonds is 1. The molecular weight excluding hydrogens is 370 g/mol. The third-order valence-electron chi connectivity index (χ3n) is 3.84. The van der Waals surface area contributed by atoms with Crippen LogP contribution < -0.4 is 0 Å². The molecule has 1 aliphatic heterocycles. The maximum absolute atomic E-state index is 13.1. The van der Waals surface area contributed by atoms with Gasteiger partial charge in [0, 0.05) is 12.2 Å². The molecule has 1 unspecified atom stereocenters. The molecule has 1 atom stereocenters. The number of aromatic nitrogens is 3. The van der Waals surface area contributed by atoms with Crippen LogP contribution >= 0.6 is 0 Å². The Labute approximate surface area is 142 Å². The number of hydrogen-bond donors (Lipinski definition) is 0. The summed E-state index contributed by atoms with van der Waals surface area (Å²) < 4.78 is 82.8. The van der Waals surface area contributed by atoms with E-state index < -0.39 is 36.6 Å². The van der Waals surface area contributed by atoms with Crippen LogP contribution in [0.15, 0.2) is 12.3 Å². The number of nitrogens with zero attached hydrogens (tertiary/aromatic N) is 4. The Morgan fingerprint density at radius 1 is 1.27 bits per heavy atom. The smallest absolute Gasteiger partial charge is 0.365 e. The summed E-state index contributed by atoms with van der Waals surface area (Å²) >= 11 is 0. The number of fused-ring (bicyclic) bond motifs is 1. The zero-order chi connectivity index (χ0) is 19.3. The Kier molecular flexibility index (Phi) is 4.33. The van der Waals surface area contributed by atoms with E-state index in [0.29, 0.717) is 4.52 Å². The standard InChI is InChI=1S/C14H12F6N4O2/c1-7-4-9(13(15,16)17)24-11(22-7)8(5-21-24)12(25)23-2-3-26-10(6-23)14(18,19)20/h4-5,10H,2-3,6H2,1H3. The molecule has 0 radical (unpaired) electrons. The lowest BCUT2D eigenvalue weighted by atomic mass is 10.2. The number of hydrogen-bond acceptors (Lipinski definition) is 4. The first-order valence-electron chi connectivity index (χ1n) is 7.38. The average molecular weight is 382 g/mol. The van der Waals surface area contributed by atoms with Crippen molar-refractivity contribution in [3.8, 4) is 0 Å². The van der Waals surface area contributed by atoms with Crippen LogP contribution in [0.5, 0.6) is 0 Å². The van der Waals surface area contributed by atoms with Gasteiger partial charge >= 0.3 is 12.4 Å². The third-order valence-corrected chi connectivity index (χ3v) is 3.84. The predicted octanol–water partition coefficient (Wildman–Crippen LogP) is 2.46. The van der Waals surface area contributed by atoms with Crippen molar-refractivity contribution in [3.05, 3.63) is 29.2 Å². The average Bonchev–Trinajstić information content (AvgIpc) is 2.95. The summed E-state index contributed by atoms with van der Waals surface area (Å²) in [6, 6.07) is 0.767. The van der Waals surface area contributed by atoms with Crippen molar-refractivity contribution in [1.82, 2.24) is 19.5 Å². The van der Waals surface area contributed by atoms with Crippen LogP contribution in [0.2, 0.25) is 0 Å². The molecule has 0 aliphatic carbocycles. The molecule has 3 heterocycles. The molecule has 2 aromatic heterocycles. The molecule has 0 aromatic carbocycles. The van der Waals surface area contributed by atoms with Gasteiger partial charge in [-0.05, 0) is 13.0 Å². The highest BCUT2D eigenvalue weighted by molar-refractivity contribution is 5.99. The molecule has 1 saturated heterocycles. The van der Waals surface area contributed by atoms with Crippen molar-refractivity contribution < 1.29 is 35.9 Å². The summed E-state index contributed by atoms with van der Waals surface area (Å²) in [5.41, 5.74) is -1.80. The summed E-state index contributed by atoms with van der Waals surface area (Å²) in [5.74, 6) is -0.885. The molecule has 1 amide bonds. The lowest BCUT2D eigenvalue weighted by molar-refractivity contribution is -0.233. The second-order valence-electron chi connectivity index (χ2n) is 5.73. The second kappa shape index (κ2) is 6.11. The van der Waals surface area contributed by atoms with Crippen LogP contribution in [0.4, 0.5) is 26.3 Å². The first-order valence-corrected chi connectivity index (χ1v) is 7.38. The lowest BCUT2D eigenvalue weighted by Gasteiger charge is -2.33. The topological polar surface area (TPSA) is 59.7 Å². The Bertz CT molecular complexity index is 844. The summed E-state index contributed by atoms with van der Waals surface area (Å²) in [6.45, 7) is 0.0958. The van der Waals surface area contributed by atoms with Gasteiger partial charge in [0.25, 0.3) is 5.91 Å². The van der Waals surface area contributed by atoms with Gasteiger partial charge in [0.2, 0.25) is 0 Å². The number of ether oxygens (including phenoxy) is 1. The monoisotopic (exact) mass is 382 g/mol. The normalized spacial score (nSPS) is 19.2. The molecule has 0 spiro atoms. The van der Waals surface area contributed by atoms with Crippen LogP contribution in [0.3, 0.4) is 0 Å². The van der Waals surface area contributed by atoms with Crippen LogP contribution in [0.1, 0.15) is 21.7 Å². The fourth-order valence-corrected chi connectivity index (χ4v) is 2.64. The molecular formula is C14H12F6N4O2. The van der Waals surface area contributed by atoms with Gasteiger partial charge < -0.3 is 9.64 Å². The number of carbonyl (C=O) groups is 1. The van der Waals surface area contributed by atoms with Crippen molar-refractivity contribution in [2.45, 2.75) is 25.4 Å². The van der Waals surface area contributed by atoms with E-state index in [1.165, 1.54) is 6.92 Å². The summed E-state index contributed by atoms with van der Waals surface area (Å²) in [6.07, 6.45) is -10.7. The minimum absolute atomic E-state index is 0.00507. The van der Waals surface area contributed by atoms with Crippen molar-refractivity contribution in [1.29, 1.82) is 0 Å². The molecule has 12 heteroatoms. The van der Waals surface area contributed by atoms with Gasteiger partial charge in [0.1, 0.15) is 11.3 Å². The Hall–Kier alpha value is -2.37. The maximum atomic E-state index is 13.1. The van der Waals surface area contributed by atoms with Crippen LogP contribution in [-0.4, -0.2) is 57.4 Å². The SMILES string of the molecule is Cc1cc(C(F)(F)F)n2ncc(C(=O)N3CCOC(C(F)(F)F)C3)c2n1. The molecule has 1 fully saturated rings. The minimum atomic E-state index is -4.74. The lowest BCUT2D eigenvalue weighted by Crippen LogP contribution is -2.51. The molecule has 26 heavy (non-hydrogen) atoms. The first kappa shape index (κ1) is 18.4. The first-order chi connectivity index (χ1) is 12.0. The highest BCUT2D eigenvalue weighted by Crippen LogP contribution is 2.31. The zero-order valence-corrected chi connectivity index (χ0v) is 13.2. The van der Waals surface area contributed by atoms with E-state index in [-0.39, 0.29) is 30.1 Å². The van der Waals surface area contributed by atoms with E-state index in [9.17, 15) is 31.1 Å². The van der Waals surface area contributed by atoms with Crippen LogP contribution in [0.25, 0.3) is 5.65 Å². The van der Waals surface area contributed by atoms with Crippen molar-refractivity contribution in [2.24, 2.45) is 0 Å². The van der Waals surface area contributed by atoms with Gasteiger partial charge in [-0.3, -0.25) is 4.79 Å². The van der Waals surface area contributed by atoms with E-state index in [1.807, 2.05) is 0 Å². The van der Waals surface area contributed by atoms with Gasteiger partial charge in [-0.1, -0.05) is 0 Å². The van der Waals surface area contributed by atoms with E-state index in [2.05, 4.69) is 14.8 Å². The van der Waals surface area contributed by atoms with Gasteiger partial charge in [-0.2, -0.15) is 31.4 Å². The fraction of sp³-hybridized carbons (Fsp3) is 0.500. The summed E-state index contributed by atoms with van der Waals surface area (Å²) in [5, 5.41) is 3.54. The van der Waals surface area contributed by atoms with Gasteiger partial charge in [-0.15, -0.1) is 0 Å². The van der Waals surface area contributed by atoms with Crippen LogP contribution in [0, 0.1) is 6.92 Å². The van der Waals surface area contributed by atoms with E-state index >= 15 is 0 Å². The molecule has 0 N–H and O–H groups in total. The Morgan fingerprint density at radius 3 is 2.58 bits per heavy atom. The molecule has 3 rings (SSSR count). The number of alkyl halides is 6. The fourth-order valence-electron chi connectivity index (χ4n) is 2.64. The Morgan fingerprint density at radius 2 is 1.96 bits per heavy atom. The number of amides is 1. The zero-order valence-electron chi connectivity index (χ0n) is 13.2. The van der Waals surface area contributed by atoms with Gasteiger partial charge in [0.05, 0.1) is 19.3 Å². The quantitative estimate of drug-likeness (QED) is 0.711. The predicted molar refractivity (Wildman–Crippen MR) is 74.4 cm³/mol. The van der Waals surface area contributed by atoms with Crippen molar-refractivity contribution >= 4 is 11.6 Å². The third kappa shape index (κ3) is 3.32. The van der Waals surface area contributed by atoms with E-state index in [0.717, 1.165) is 17.2 Å². The molecule has 0 saturated carbocycles. The minimum Gasteiger partial charge on any atom is -0.365 e. The highest BCUT2D eigenvalue weighted by Gasteiger charge is 2.44. The largest absolute Gasteiger partial charge is 0.433 e. The Balaban J connectivity index is 1.98. The summed E-state index contributed by atoms with van der Waals surface area (Å²) in [7, 11) is 0. The van der Waals surface area contributed by atoms with Gasteiger partial charge in [-0.25, -0.2) is 9.50 Å². The van der Waals surface area contributed by atoms with E-state index in [1.54, 1.807) is 0 Å². The number of carbonyl (C=O) groups excluding carboxylic acids is 1. The van der Waals surface area contributed by atoms with Gasteiger partial charge in [0.15, 0.2) is 11.8 Å². The number of halogens is 6. The maximum Gasteiger partial charge on any atom is 0.433 e. The number of aryl methyl sites for hydroxylation is 1. The highest BCUT2D eigenvalue weighted by atomic mass is 19.4. The summed E-state index contributed by atoms with van der Waals surface area (Å²) in [4.78, 5) is 17.3. The van der Waals surface area contributed by atoms with Crippen molar-refractivity contribution in [2.75, 3.05) is 19.7 Å². The van der Waals surface area contributed by atoms with E-state index in [4.69, 9.17) is 0 Å². The van der Waals surface area contributed by atoms with Crippen molar-refractivity contribution in [3.63, 3.8) is 0 Å². The molecule has 2 aromatic rings.